The summed E-state index contributed by atoms with van der Waals surface area (Å²) in [7, 11) is 0. The van der Waals surface area contributed by atoms with Gasteiger partial charge in [0.25, 0.3) is 0 Å². The van der Waals surface area contributed by atoms with E-state index in [0.717, 1.165) is 0 Å². The van der Waals surface area contributed by atoms with E-state index in [0.29, 0.717) is 12.0 Å². The molecule has 5 heteroatoms. The highest BCUT2D eigenvalue weighted by Crippen LogP contribution is 2.29. The first-order chi connectivity index (χ1) is 8.30. The molecule has 1 rings (SSSR count). The maximum Gasteiger partial charge on any atom is 0.237 e. The van der Waals surface area contributed by atoms with Crippen LogP contribution in [-0.2, 0) is 4.79 Å². The first kappa shape index (κ1) is 14.3. The molecule has 1 aromatic rings. The van der Waals surface area contributed by atoms with Crippen molar-refractivity contribution in [3.8, 4) is 11.5 Å². The first-order valence-corrected chi connectivity index (χ1v) is 5.89. The molecule has 18 heavy (non-hydrogen) atoms. The number of benzene rings is 1. The number of primary amides is 1. The Morgan fingerprint density at radius 2 is 2.11 bits per heavy atom. The summed E-state index contributed by atoms with van der Waals surface area (Å²) in [5, 5.41) is 22.1. The minimum Gasteiger partial charge on any atom is -0.508 e. The van der Waals surface area contributed by atoms with Crippen molar-refractivity contribution in [2.45, 2.75) is 38.8 Å². The van der Waals surface area contributed by atoms with Gasteiger partial charge in [-0.15, -0.1) is 0 Å². The Kier molecular flexibility index (Phi) is 4.19. The molecule has 0 heterocycles. The summed E-state index contributed by atoms with van der Waals surface area (Å²) in [5.41, 5.74) is 5.14. The number of amides is 1. The number of rotatable bonds is 5. The Labute approximate surface area is 107 Å². The maximum absolute atomic E-state index is 11.4. The van der Waals surface area contributed by atoms with Crippen LogP contribution in [0, 0.1) is 0 Å². The van der Waals surface area contributed by atoms with Gasteiger partial charge in [-0.2, -0.15) is 0 Å². The van der Waals surface area contributed by atoms with E-state index in [1.165, 1.54) is 12.1 Å². The largest absolute Gasteiger partial charge is 0.508 e. The second-order valence-corrected chi connectivity index (χ2v) is 4.66. The predicted octanol–water partition coefficient (Wildman–Crippen LogP) is 1.40. The number of carbonyl (C=O) groups is 1. The Hall–Kier alpha value is -1.75. The topological polar surface area (TPSA) is 95.6 Å². The SMILES string of the molecule is CCC(C)(NC(C)c1ccc(O)cc1O)C(N)=O. The fraction of sp³-hybridized carbons (Fsp3) is 0.462. The molecule has 0 spiro atoms. The van der Waals surface area contributed by atoms with Crippen molar-refractivity contribution in [2.24, 2.45) is 5.73 Å². The van der Waals surface area contributed by atoms with Crippen molar-refractivity contribution >= 4 is 5.91 Å². The molecule has 0 aliphatic rings. The molecule has 0 aromatic heterocycles. The second-order valence-electron chi connectivity index (χ2n) is 4.66. The Balaban J connectivity index is 2.94. The Morgan fingerprint density at radius 1 is 1.50 bits per heavy atom. The average Bonchev–Trinajstić information content (AvgIpc) is 2.28. The van der Waals surface area contributed by atoms with Gasteiger partial charge in [-0.25, -0.2) is 0 Å². The molecule has 0 saturated heterocycles. The van der Waals surface area contributed by atoms with Crippen LogP contribution in [0.4, 0.5) is 0 Å². The van der Waals surface area contributed by atoms with Crippen LogP contribution in [0.5, 0.6) is 11.5 Å². The second kappa shape index (κ2) is 5.27. The number of phenolic OH excluding ortho intramolecular Hbond substituents is 2. The first-order valence-electron chi connectivity index (χ1n) is 5.89. The molecular weight excluding hydrogens is 232 g/mol. The summed E-state index contributed by atoms with van der Waals surface area (Å²) >= 11 is 0. The summed E-state index contributed by atoms with van der Waals surface area (Å²) < 4.78 is 0. The average molecular weight is 252 g/mol. The van der Waals surface area contributed by atoms with E-state index in [4.69, 9.17) is 5.73 Å². The van der Waals surface area contributed by atoms with Gasteiger partial charge in [-0.3, -0.25) is 10.1 Å². The van der Waals surface area contributed by atoms with Crippen LogP contribution in [0.3, 0.4) is 0 Å². The lowest BCUT2D eigenvalue weighted by Gasteiger charge is -2.30. The molecule has 5 N–H and O–H groups in total. The molecule has 0 aliphatic heterocycles. The van der Waals surface area contributed by atoms with Crippen LogP contribution in [0.15, 0.2) is 18.2 Å². The van der Waals surface area contributed by atoms with Gasteiger partial charge in [0.15, 0.2) is 0 Å². The Bertz CT molecular complexity index is 448. The maximum atomic E-state index is 11.4. The van der Waals surface area contributed by atoms with Gasteiger partial charge >= 0.3 is 0 Å². The van der Waals surface area contributed by atoms with Crippen molar-refractivity contribution < 1.29 is 15.0 Å². The molecule has 0 radical (unpaired) electrons. The molecule has 0 saturated carbocycles. The molecule has 5 nitrogen and oxygen atoms in total. The van der Waals surface area contributed by atoms with E-state index >= 15 is 0 Å². The third kappa shape index (κ3) is 2.92. The van der Waals surface area contributed by atoms with Crippen molar-refractivity contribution in [1.82, 2.24) is 5.32 Å². The van der Waals surface area contributed by atoms with E-state index in [9.17, 15) is 15.0 Å². The van der Waals surface area contributed by atoms with Crippen molar-refractivity contribution in [3.63, 3.8) is 0 Å². The number of nitrogens with two attached hydrogens (primary N) is 1. The van der Waals surface area contributed by atoms with E-state index < -0.39 is 11.4 Å². The van der Waals surface area contributed by atoms with Crippen LogP contribution >= 0.6 is 0 Å². The van der Waals surface area contributed by atoms with Gasteiger partial charge in [-0.1, -0.05) is 13.0 Å². The number of aromatic hydroxyl groups is 2. The third-order valence-corrected chi connectivity index (χ3v) is 3.27. The molecule has 1 aromatic carbocycles. The van der Waals surface area contributed by atoms with Crippen molar-refractivity contribution in [1.29, 1.82) is 0 Å². The van der Waals surface area contributed by atoms with E-state index in [1.807, 2.05) is 13.8 Å². The summed E-state index contributed by atoms with van der Waals surface area (Å²) in [4.78, 5) is 11.4. The molecule has 0 aliphatic carbocycles. The minimum absolute atomic E-state index is 0.00314. The van der Waals surface area contributed by atoms with Gasteiger partial charge in [0.1, 0.15) is 11.5 Å². The van der Waals surface area contributed by atoms with Gasteiger partial charge in [0.2, 0.25) is 5.91 Å². The number of hydrogen-bond acceptors (Lipinski definition) is 4. The van der Waals surface area contributed by atoms with Crippen LogP contribution in [0.1, 0.15) is 38.8 Å². The lowest BCUT2D eigenvalue weighted by atomic mass is 9.95. The zero-order valence-corrected chi connectivity index (χ0v) is 10.9. The standard InChI is InChI=1S/C13H20N2O3/c1-4-13(3,12(14)18)15-8(2)10-6-5-9(16)7-11(10)17/h5-8,15-17H,4H2,1-3H3,(H2,14,18). The number of carbonyl (C=O) groups excluding carboxylic acids is 1. The lowest BCUT2D eigenvalue weighted by molar-refractivity contribution is -0.124. The molecule has 1 amide bonds. The van der Waals surface area contributed by atoms with E-state index in [1.54, 1.807) is 13.0 Å². The number of nitrogens with one attached hydrogen (secondary N) is 1. The monoisotopic (exact) mass is 252 g/mol. The molecule has 0 bridgehead atoms. The predicted molar refractivity (Wildman–Crippen MR) is 69.2 cm³/mol. The molecule has 100 valence electrons. The zero-order chi connectivity index (χ0) is 13.9. The minimum atomic E-state index is -0.830. The third-order valence-electron chi connectivity index (χ3n) is 3.27. The summed E-state index contributed by atoms with van der Waals surface area (Å²) in [6.07, 6.45) is 0.547. The van der Waals surface area contributed by atoms with Crippen LogP contribution in [-0.4, -0.2) is 21.7 Å². The quantitative estimate of drug-likeness (QED) is 0.637. The van der Waals surface area contributed by atoms with Gasteiger partial charge in [0.05, 0.1) is 5.54 Å². The summed E-state index contributed by atoms with van der Waals surface area (Å²) in [6.45, 7) is 5.41. The lowest BCUT2D eigenvalue weighted by Crippen LogP contribution is -2.53. The van der Waals surface area contributed by atoms with Gasteiger partial charge in [0, 0.05) is 17.7 Å². The fourth-order valence-corrected chi connectivity index (χ4v) is 1.80. The number of phenols is 2. The Morgan fingerprint density at radius 3 is 2.56 bits per heavy atom. The molecular formula is C13H20N2O3. The van der Waals surface area contributed by atoms with Crippen molar-refractivity contribution in [2.75, 3.05) is 0 Å². The molecule has 2 unspecified atom stereocenters. The summed E-state index contributed by atoms with van der Waals surface area (Å²) in [6, 6.07) is 4.10. The van der Waals surface area contributed by atoms with Crippen LogP contribution < -0.4 is 11.1 Å². The highest BCUT2D eigenvalue weighted by Gasteiger charge is 2.31. The summed E-state index contributed by atoms with van der Waals surface area (Å²) in [5.74, 6) is -0.454. The van der Waals surface area contributed by atoms with E-state index in [2.05, 4.69) is 5.32 Å². The van der Waals surface area contributed by atoms with Crippen LogP contribution in [0.2, 0.25) is 0 Å². The molecule has 2 atom stereocenters. The highest BCUT2D eigenvalue weighted by atomic mass is 16.3. The molecule has 0 fully saturated rings. The normalized spacial score (nSPS) is 15.9. The van der Waals surface area contributed by atoms with Gasteiger partial charge in [-0.05, 0) is 26.3 Å². The smallest absolute Gasteiger partial charge is 0.237 e. The highest BCUT2D eigenvalue weighted by molar-refractivity contribution is 5.84. The fourth-order valence-electron chi connectivity index (χ4n) is 1.80. The van der Waals surface area contributed by atoms with Gasteiger partial charge < -0.3 is 15.9 Å². The van der Waals surface area contributed by atoms with Crippen LogP contribution in [0.25, 0.3) is 0 Å². The number of hydrogen-bond donors (Lipinski definition) is 4. The van der Waals surface area contributed by atoms with E-state index in [-0.39, 0.29) is 17.5 Å². The van der Waals surface area contributed by atoms with Crippen molar-refractivity contribution in [3.05, 3.63) is 23.8 Å². The zero-order valence-electron chi connectivity index (χ0n) is 10.9.